The molecule has 0 atom stereocenters. The van der Waals surface area contributed by atoms with Crippen LogP contribution < -0.4 is 0 Å². The van der Waals surface area contributed by atoms with Gasteiger partial charge in [-0.25, -0.2) is 4.39 Å². The number of nitrogens with zero attached hydrogens (tertiary/aromatic N) is 1. The molecule has 1 aromatic rings. The summed E-state index contributed by atoms with van der Waals surface area (Å²) in [4.78, 5) is 0. The molecule has 0 aromatic heterocycles. The first-order valence-electron chi connectivity index (χ1n) is 6.80. The van der Waals surface area contributed by atoms with E-state index < -0.39 is 5.82 Å². The first-order valence-corrected chi connectivity index (χ1v) is 6.80. The smallest absolute Gasteiger partial charge is 0.140 e. The van der Waals surface area contributed by atoms with Crippen LogP contribution in [-0.4, -0.2) is 6.10 Å². The molecule has 1 aliphatic rings. The van der Waals surface area contributed by atoms with E-state index in [9.17, 15) is 4.39 Å². The summed E-state index contributed by atoms with van der Waals surface area (Å²) in [6.07, 6.45) is 4.83. The maximum atomic E-state index is 13.2. The average molecular weight is 261 g/mol. The number of nitriles is 1. The fraction of sp³-hybridized carbons (Fsp3) is 0.562. The first-order chi connectivity index (χ1) is 9.00. The Kier molecular flexibility index (Phi) is 4.21. The van der Waals surface area contributed by atoms with Crippen molar-refractivity contribution in [2.75, 3.05) is 0 Å². The molecule has 0 N–H and O–H groups in total. The Balaban J connectivity index is 1.88. The first kappa shape index (κ1) is 14.0. The van der Waals surface area contributed by atoms with E-state index in [0.717, 1.165) is 18.4 Å². The van der Waals surface area contributed by atoms with E-state index in [1.807, 2.05) is 6.07 Å². The highest BCUT2D eigenvalue weighted by atomic mass is 19.1. The molecule has 1 aromatic carbocycles. The summed E-state index contributed by atoms with van der Waals surface area (Å²) in [6, 6.07) is 6.44. The standard InChI is InChI=1S/C16H20FNO/c1-16(2)7-5-14(6-8-16)19-11-12-3-4-15(17)13(9-12)10-18/h3-4,9,14H,5-8,11H2,1-2H3. The van der Waals surface area contributed by atoms with Crippen LogP contribution in [0.3, 0.4) is 0 Å². The van der Waals surface area contributed by atoms with E-state index in [1.54, 1.807) is 12.1 Å². The molecule has 0 spiro atoms. The third kappa shape index (κ3) is 3.78. The molecule has 2 rings (SSSR count). The zero-order valence-corrected chi connectivity index (χ0v) is 11.6. The number of rotatable bonds is 3. The topological polar surface area (TPSA) is 33.0 Å². The van der Waals surface area contributed by atoms with Crippen LogP contribution in [0.4, 0.5) is 4.39 Å². The van der Waals surface area contributed by atoms with Crippen LogP contribution in [0.1, 0.15) is 50.7 Å². The van der Waals surface area contributed by atoms with Gasteiger partial charge in [-0.1, -0.05) is 19.9 Å². The monoisotopic (exact) mass is 261 g/mol. The Labute approximate surface area is 114 Å². The normalized spacial score (nSPS) is 19.1. The number of hydrogen-bond acceptors (Lipinski definition) is 2. The Bertz CT molecular complexity index is 480. The van der Waals surface area contributed by atoms with Gasteiger partial charge in [0, 0.05) is 0 Å². The van der Waals surface area contributed by atoms with Crippen molar-refractivity contribution >= 4 is 0 Å². The molecular weight excluding hydrogens is 241 g/mol. The number of benzene rings is 1. The summed E-state index contributed by atoms with van der Waals surface area (Å²) in [5.41, 5.74) is 1.39. The molecule has 3 heteroatoms. The fourth-order valence-corrected chi connectivity index (χ4v) is 2.50. The van der Waals surface area contributed by atoms with Crippen molar-refractivity contribution in [1.82, 2.24) is 0 Å². The van der Waals surface area contributed by atoms with E-state index in [1.165, 1.54) is 18.9 Å². The van der Waals surface area contributed by atoms with Crippen LogP contribution in [0.5, 0.6) is 0 Å². The van der Waals surface area contributed by atoms with Crippen LogP contribution in [-0.2, 0) is 11.3 Å². The SMILES string of the molecule is CC1(C)CCC(OCc2ccc(F)c(C#N)c2)CC1. The van der Waals surface area contributed by atoms with Crippen molar-refractivity contribution in [3.63, 3.8) is 0 Å². The van der Waals surface area contributed by atoms with Crippen LogP contribution >= 0.6 is 0 Å². The minimum absolute atomic E-state index is 0.0888. The van der Waals surface area contributed by atoms with Crippen LogP contribution in [0.2, 0.25) is 0 Å². The summed E-state index contributed by atoms with van der Waals surface area (Å²) in [6.45, 7) is 5.05. The van der Waals surface area contributed by atoms with Crippen molar-refractivity contribution in [1.29, 1.82) is 5.26 Å². The fourth-order valence-electron chi connectivity index (χ4n) is 2.50. The second-order valence-corrected chi connectivity index (χ2v) is 6.10. The number of ether oxygens (including phenoxy) is 1. The maximum Gasteiger partial charge on any atom is 0.140 e. The lowest BCUT2D eigenvalue weighted by molar-refractivity contribution is -0.00560. The lowest BCUT2D eigenvalue weighted by Crippen LogP contribution is -2.26. The van der Waals surface area contributed by atoms with Gasteiger partial charge >= 0.3 is 0 Å². The zero-order chi connectivity index (χ0) is 13.9. The molecule has 1 aliphatic carbocycles. The molecular formula is C16H20FNO. The Hall–Kier alpha value is -1.40. The Morgan fingerprint density at radius 3 is 2.68 bits per heavy atom. The molecule has 0 aliphatic heterocycles. The van der Waals surface area contributed by atoms with E-state index in [4.69, 9.17) is 10.00 Å². The van der Waals surface area contributed by atoms with E-state index in [2.05, 4.69) is 13.8 Å². The van der Waals surface area contributed by atoms with Crippen molar-refractivity contribution in [3.8, 4) is 6.07 Å². The van der Waals surface area contributed by atoms with Gasteiger partial charge in [-0.3, -0.25) is 0 Å². The zero-order valence-electron chi connectivity index (χ0n) is 11.6. The van der Waals surface area contributed by atoms with Gasteiger partial charge in [-0.15, -0.1) is 0 Å². The Morgan fingerprint density at radius 2 is 2.05 bits per heavy atom. The molecule has 0 bridgehead atoms. The van der Waals surface area contributed by atoms with E-state index in [0.29, 0.717) is 18.1 Å². The second kappa shape index (κ2) is 5.71. The molecule has 1 fully saturated rings. The minimum Gasteiger partial charge on any atom is -0.374 e. The summed E-state index contributed by atoms with van der Waals surface area (Å²) in [5, 5.41) is 8.79. The van der Waals surface area contributed by atoms with Gasteiger partial charge in [0.1, 0.15) is 11.9 Å². The third-order valence-electron chi connectivity index (χ3n) is 3.92. The summed E-state index contributed by atoms with van der Waals surface area (Å²) in [5.74, 6) is -0.467. The summed E-state index contributed by atoms with van der Waals surface area (Å²) in [7, 11) is 0. The number of halogens is 1. The molecule has 2 nitrogen and oxygen atoms in total. The third-order valence-corrected chi connectivity index (χ3v) is 3.92. The molecule has 19 heavy (non-hydrogen) atoms. The van der Waals surface area contributed by atoms with Gasteiger partial charge in [0.15, 0.2) is 0 Å². The van der Waals surface area contributed by atoms with Gasteiger partial charge in [0.05, 0.1) is 18.3 Å². The van der Waals surface area contributed by atoms with Crippen molar-refractivity contribution < 1.29 is 9.13 Å². The molecule has 0 amide bonds. The van der Waals surface area contributed by atoms with Crippen molar-refractivity contribution in [2.24, 2.45) is 5.41 Å². The second-order valence-electron chi connectivity index (χ2n) is 6.10. The predicted octanol–water partition coefficient (Wildman–Crippen LogP) is 4.18. The lowest BCUT2D eigenvalue weighted by atomic mass is 9.76. The van der Waals surface area contributed by atoms with E-state index >= 15 is 0 Å². The van der Waals surface area contributed by atoms with Gasteiger partial charge in [0.2, 0.25) is 0 Å². The molecule has 0 unspecified atom stereocenters. The largest absolute Gasteiger partial charge is 0.374 e. The molecule has 0 radical (unpaired) electrons. The number of hydrogen-bond donors (Lipinski definition) is 0. The highest BCUT2D eigenvalue weighted by Gasteiger charge is 2.27. The van der Waals surface area contributed by atoms with Crippen molar-refractivity contribution in [3.05, 3.63) is 35.1 Å². The van der Waals surface area contributed by atoms with Crippen molar-refractivity contribution in [2.45, 2.75) is 52.2 Å². The minimum atomic E-state index is -0.467. The summed E-state index contributed by atoms with van der Waals surface area (Å²) >= 11 is 0. The van der Waals surface area contributed by atoms with Gasteiger partial charge in [-0.05, 0) is 48.8 Å². The lowest BCUT2D eigenvalue weighted by Gasteiger charge is -2.34. The van der Waals surface area contributed by atoms with E-state index in [-0.39, 0.29) is 5.56 Å². The Morgan fingerprint density at radius 1 is 1.37 bits per heavy atom. The quantitative estimate of drug-likeness (QED) is 0.817. The molecule has 102 valence electrons. The van der Waals surface area contributed by atoms with Crippen LogP contribution in [0, 0.1) is 22.6 Å². The maximum absolute atomic E-state index is 13.2. The van der Waals surface area contributed by atoms with Crippen LogP contribution in [0.15, 0.2) is 18.2 Å². The van der Waals surface area contributed by atoms with Gasteiger partial charge < -0.3 is 4.74 Å². The predicted molar refractivity (Wildman–Crippen MR) is 71.9 cm³/mol. The molecule has 0 saturated heterocycles. The highest BCUT2D eigenvalue weighted by molar-refractivity contribution is 5.34. The summed E-state index contributed by atoms with van der Waals surface area (Å²) < 4.78 is 19.1. The average Bonchev–Trinajstić information content (AvgIpc) is 2.39. The molecule has 1 saturated carbocycles. The van der Waals surface area contributed by atoms with Crippen LogP contribution in [0.25, 0.3) is 0 Å². The van der Waals surface area contributed by atoms with Gasteiger partial charge in [0.25, 0.3) is 0 Å². The molecule has 0 heterocycles. The van der Waals surface area contributed by atoms with Gasteiger partial charge in [-0.2, -0.15) is 5.26 Å². The highest BCUT2D eigenvalue weighted by Crippen LogP contribution is 2.36.